The van der Waals surface area contributed by atoms with Crippen molar-refractivity contribution in [3.8, 4) is 0 Å². The van der Waals surface area contributed by atoms with E-state index in [1.165, 1.54) is 0 Å². The predicted molar refractivity (Wildman–Crippen MR) is 50.5 cm³/mol. The molecule has 1 aliphatic rings. The van der Waals surface area contributed by atoms with Crippen molar-refractivity contribution in [3.05, 3.63) is 0 Å². The summed E-state index contributed by atoms with van der Waals surface area (Å²) in [6.45, 7) is 2.46. The summed E-state index contributed by atoms with van der Waals surface area (Å²) >= 11 is 0. The van der Waals surface area contributed by atoms with E-state index < -0.39 is 17.9 Å². The highest BCUT2D eigenvalue weighted by Crippen LogP contribution is 2.11. The van der Waals surface area contributed by atoms with E-state index in [1.807, 2.05) is 6.92 Å². The highest BCUT2D eigenvalue weighted by Gasteiger charge is 2.32. The van der Waals surface area contributed by atoms with Crippen LogP contribution < -0.4 is 5.32 Å². The fourth-order valence-electron chi connectivity index (χ4n) is 1.14. The molecule has 0 aromatic rings. The van der Waals surface area contributed by atoms with Gasteiger partial charge < -0.3 is 10.2 Å². The molecule has 0 spiro atoms. The zero-order chi connectivity index (χ0) is 11.3. The Bertz CT molecular complexity index is 261. The second-order valence-corrected chi connectivity index (χ2v) is 3.24. The summed E-state index contributed by atoms with van der Waals surface area (Å²) in [5.41, 5.74) is 0. The normalized spacial score (nSPS) is 15.7. The molecule has 1 fully saturated rings. The molecule has 0 unspecified atom stereocenters. The number of imide groups is 1. The van der Waals surface area contributed by atoms with E-state index >= 15 is 0 Å². The molecule has 0 aliphatic carbocycles. The largest absolute Gasteiger partial charge is 0.432 e. The van der Waals surface area contributed by atoms with Gasteiger partial charge in [-0.2, -0.15) is 0 Å². The van der Waals surface area contributed by atoms with Gasteiger partial charge in [0.05, 0.1) is 0 Å². The number of nitrogens with one attached hydrogen (secondary N) is 1. The summed E-state index contributed by atoms with van der Waals surface area (Å²) in [5, 5.41) is 2.97. The average Bonchev–Trinajstić information content (AvgIpc) is 2.50. The van der Waals surface area contributed by atoms with Crippen LogP contribution in [-0.4, -0.2) is 29.5 Å². The van der Waals surface area contributed by atoms with Crippen molar-refractivity contribution in [1.82, 2.24) is 10.4 Å². The quantitative estimate of drug-likeness (QED) is 0.548. The first-order chi connectivity index (χ1) is 7.15. The van der Waals surface area contributed by atoms with Crippen LogP contribution in [0.1, 0.15) is 32.6 Å². The molecule has 0 radical (unpaired) electrons. The second kappa shape index (κ2) is 5.33. The molecule has 0 bridgehead atoms. The van der Waals surface area contributed by atoms with E-state index in [-0.39, 0.29) is 12.8 Å². The molecule has 1 saturated heterocycles. The average molecular weight is 214 g/mol. The molecule has 1 heterocycles. The maximum Gasteiger partial charge on any atom is 0.432 e. The van der Waals surface area contributed by atoms with Gasteiger partial charge in [0.15, 0.2) is 0 Å². The van der Waals surface area contributed by atoms with Crippen molar-refractivity contribution in [3.63, 3.8) is 0 Å². The van der Waals surface area contributed by atoms with Crippen molar-refractivity contribution in [2.24, 2.45) is 0 Å². The number of hydrogen-bond acceptors (Lipinski definition) is 4. The van der Waals surface area contributed by atoms with Gasteiger partial charge in [-0.25, -0.2) is 4.79 Å². The minimum absolute atomic E-state index is 0.112. The van der Waals surface area contributed by atoms with Crippen molar-refractivity contribution in [2.75, 3.05) is 6.54 Å². The first kappa shape index (κ1) is 11.5. The number of hydroxylamine groups is 2. The van der Waals surface area contributed by atoms with Gasteiger partial charge in [-0.3, -0.25) is 9.59 Å². The summed E-state index contributed by atoms with van der Waals surface area (Å²) in [6, 6.07) is 0. The lowest BCUT2D eigenvalue weighted by molar-refractivity contribution is -0.171. The molecule has 0 atom stereocenters. The number of unbranched alkanes of at least 4 members (excludes halogenated alkanes) is 1. The number of rotatable bonds is 4. The van der Waals surface area contributed by atoms with Crippen LogP contribution in [0.3, 0.4) is 0 Å². The summed E-state index contributed by atoms with van der Waals surface area (Å²) in [7, 11) is 0. The topological polar surface area (TPSA) is 75.7 Å². The second-order valence-electron chi connectivity index (χ2n) is 3.24. The standard InChI is InChI=1S/C9H14N2O4/c1-2-3-6-10-9(14)15-11-7(12)4-5-8(11)13/h2-6H2,1H3,(H,10,14). The maximum atomic E-state index is 11.1. The van der Waals surface area contributed by atoms with Gasteiger partial charge in [0.2, 0.25) is 0 Å². The number of hydrogen-bond donors (Lipinski definition) is 1. The van der Waals surface area contributed by atoms with Crippen LogP contribution in [-0.2, 0) is 14.4 Å². The lowest BCUT2D eigenvalue weighted by Gasteiger charge is -2.12. The first-order valence-electron chi connectivity index (χ1n) is 4.96. The molecular formula is C9H14N2O4. The predicted octanol–water partition coefficient (Wildman–Crippen LogP) is 0.577. The van der Waals surface area contributed by atoms with Gasteiger partial charge in [-0.05, 0) is 6.42 Å². The van der Waals surface area contributed by atoms with Gasteiger partial charge in [0, 0.05) is 19.4 Å². The molecule has 84 valence electrons. The van der Waals surface area contributed by atoms with Gasteiger partial charge in [0.25, 0.3) is 11.8 Å². The Hall–Kier alpha value is -1.59. The van der Waals surface area contributed by atoms with E-state index in [0.717, 1.165) is 12.8 Å². The van der Waals surface area contributed by atoms with E-state index in [1.54, 1.807) is 0 Å². The Morgan fingerprint density at radius 3 is 2.53 bits per heavy atom. The number of carbonyl (C=O) groups excluding carboxylic acids is 3. The zero-order valence-electron chi connectivity index (χ0n) is 8.62. The fraction of sp³-hybridized carbons (Fsp3) is 0.667. The number of carbonyl (C=O) groups is 3. The lowest BCUT2D eigenvalue weighted by atomic mass is 10.3. The van der Waals surface area contributed by atoms with E-state index in [2.05, 4.69) is 10.2 Å². The molecule has 0 aromatic heterocycles. The van der Waals surface area contributed by atoms with E-state index in [0.29, 0.717) is 11.6 Å². The molecule has 6 heteroatoms. The molecule has 1 aliphatic heterocycles. The Morgan fingerprint density at radius 2 is 2.00 bits per heavy atom. The highest BCUT2D eigenvalue weighted by atomic mass is 16.7. The van der Waals surface area contributed by atoms with Crippen molar-refractivity contribution in [1.29, 1.82) is 0 Å². The Balaban J connectivity index is 2.31. The van der Waals surface area contributed by atoms with E-state index in [4.69, 9.17) is 0 Å². The third kappa shape index (κ3) is 3.23. The third-order valence-corrected chi connectivity index (χ3v) is 1.98. The smallest absolute Gasteiger partial charge is 0.320 e. The maximum absolute atomic E-state index is 11.1. The summed E-state index contributed by atoms with van der Waals surface area (Å²) in [6.07, 6.45) is 1.24. The van der Waals surface area contributed by atoms with E-state index in [9.17, 15) is 14.4 Å². The Labute approximate surface area is 87.5 Å². The molecule has 0 aromatic carbocycles. The summed E-state index contributed by atoms with van der Waals surface area (Å²) in [5.74, 6) is -0.934. The van der Waals surface area contributed by atoms with Gasteiger partial charge in [-0.1, -0.05) is 13.3 Å². The van der Waals surface area contributed by atoms with Gasteiger partial charge in [0.1, 0.15) is 0 Å². The fourth-order valence-corrected chi connectivity index (χ4v) is 1.14. The van der Waals surface area contributed by atoms with Crippen LogP contribution in [0, 0.1) is 0 Å². The van der Waals surface area contributed by atoms with Crippen molar-refractivity contribution < 1.29 is 19.2 Å². The Kier molecular flexibility index (Phi) is 4.08. The lowest BCUT2D eigenvalue weighted by Crippen LogP contribution is -2.37. The summed E-state index contributed by atoms with van der Waals surface area (Å²) < 4.78 is 0. The van der Waals surface area contributed by atoms with Crippen LogP contribution in [0.25, 0.3) is 0 Å². The minimum atomic E-state index is -0.757. The molecule has 3 amide bonds. The molecule has 15 heavy (non-hydrogen) atoms. The van der Waals surface area contributed by atoms with Crippen LogP contribution in [0.5, 0.6) is 0 Å². The third-order valence-electron chi connectivity index (χ3n) is 1.98. The molecular weight excluding hydrogens is 200 g/mol. The van der Waals surface area contributed by atoms with Crippen LogP contribution >= 0.6 is 0 Å². The molecule has 1 N–H and O–H groups in total. The SMILES string of the molecule is CCCCNC(=O)ON1C(=O)CCC1=O. The Morgan fingerprint density at radius 1 is 1.40 bits per heavy atom. The van der Waals surface area contributed by atoms with Crippen LogP contribution in [0.4, 0.5) is 4.79 Å². The van der Waals surface area contributed by atoms with Gasteiger partial charge >= 0.3 is 6.09 Å². The van der Waals surface area contributed by atoms with Crippen molar-refractivity contribution in [2.45, 2.75) is 32.6 Å². The van der Waals surface area contributed by atoms with Crippen LogP contribution in [0.2, 0.25) is 0 Å². The molecule has 6 nitrogen and oxygen atoms in total. The van der Waals surface area contributed by atoms with Crippen LogP contribution in [0.15, 0.2) is 0 Å². The highest BCUT2D eigenvalue weighted by molar-refractivity contribution is 6.01. The molecule has 0 saturated carbocycles. The van der Waals surface area contributed by atoms with Crippen molar-refractivity contribution >= 4 is 17.9 Å². The first-order valence-corrected chi connectivity index (χ1v) is 4.96. The number of nitrogens with zero attached hydrogens (tertiary/aromatic N) is 1. The number of amides is 3. The minimum Gasteiger partial charge on any atom is -0.320 e. The van der Waals surface area contributed by atoms with Gasteiger partial charge in [-0.15, -0.1) is 5.06 Å². The molecule has 1 rings (SSSR count). The monoisotopic (exact) mass is 214 g/mol. The summed E-state index contributed by atoms with van der Waals surface area (Å²) in [4.78, 5) is 37.8. The zero-order valence-corrected chi connectivity index (χ0v) is 8.62.